The molecule has 0 spiro atoms. The maximum atomic E-state index is 13.3. The highest BCUT2D eigenvalue weighted by Gasteiger charge is 2.40. The van der Waals surface area contributed by atoms with Crippen molar-refractivity contribution in [1.29, 1.82) is 0 Å². The summed E-state index contributed by atoms with van der Waals surface area (Å²) in [5.41, 5.74) is 3.59. The van der Waals surface area contributed by atoms with E-state index in [0.717, 1.165) is 36.8 Å². The fourth-order valence-corrected chi connectivity index (χ4v) is 4.78. The van der Waals surface area contributed by atoms with Crippen LogP contribution >= 0.6 is 0 Å². The summed E-state index contributed by atoms with van der Waals surface area (Å²) in [5.74, 6) is 1.13. The number of ether oxygens (including phenoxy) is 2. The Hall–Kier alpha value is -3.28. The van der Waals surface area contributed by atoms with Gasteiger partial charge >= 0.3 is 0 Å². The second-order valence-corrected chi connectivity index (χ2v) is 8.27. The van der Waals surface area contributed by atoms with Crippen LogP contribution in [0.2, 0.25) is 0 Å². The first-order valence-electron chi connectivity index (χ1n) is 11.0. The predicted octanol–water partition coefficient (Wildman–Crippen LogP) is 4.07. The minimum Gasteiger partial charge on any atom is -0.486 e. The van der Waals surface area contributed by atoms with Gasteiger partial charge in [0.25, 0.3) is 5.91 Å². The molecule has 2 heterocycles. The summed E-state index contributed by atoms with van der Waals surface area (Å²) >= 11 is 0. The van der Waals surface area contributed by atoms with E-state index in [4.69, 9.17) is 9.47 Å². The van der Waals surface area contributed by atoms with Crippen molar-refractivity contribution in [3.05, 3.63) is 65.2 Å². The van der Waals surface area contributed by atoms with E-state index >= 15 is 0 Å². The molecule has 2 aromatic rings. The van der Waals surface area contributed by atoms with Crippen molar-refractivity contribution in [2.24, 2.45) is 0 Å². The van der Waals surface area contributed by atoms with Gasteiger partial charge in [0.2, 0.25) is 5.91 Å². The van der Waals surface area contributed by atoms with Crippen LogP contribution in [0.3, 0.4) is 0 Å². The van der Waals surface area contributed by atoms with Crippen molar-refractivity contribution in [1.82, 2.24) is 4.90 Å². The SMILES string of the molecule is O=C(CC1=C2CCCCC2N(Cc2ccccc2)C1=O)Nc1ccc2c(c1)OCCO2. The standard InChI is InChI=1S/C25H26N2O4/c28-24(26-18-10-11-22-23(14-18)31-13-12-30-22)15-20-19-8-4-5-9-21(19)27(25(20)29)16-17-6-2-1-3-7-17/h1-3,6-7,10-11,14,21H,4-5,8-9,12-13,15-16H2,(H,26,28). The summed E-state index contributed by atoms with van der Waals surface area (Å²) in [6.07, 6.45) is 4.16. The van der Waals surface area contributed by atoms with Gasteiger partial charge < -0.3 is 19.7 Å². The van der Waals surface area contributed by atoms with Gasteiger partial charge in [-0.25, -0.2) is 0 Å². The summed E-state index contributed by atoms with van der Waals surface area (Å²) in [6, 6.07) is 15.5. The number of benzene rings is 2. The van der Waals surface area contributed by atoms with E-state index in [0.29, 0.717) is 42.5 Å². The maximum absolute atomic E-state index is 13.3. The van der Waals surface area contributed by atoms with Gasteiger partial charge in [-0.2, -0.15) is 0 Å². The molecule has 6 nitrogen and oxygen atoms in total. The Morgan fingerprint density at radius 2 is 1.84 bits per heavy atom. The number of rotatable bonds is 5. The minimum atomic E-state index is -0.182. The highest BCUT2D eigenvalue weighted by Crippen LogP contribution is 2.39. The van der Waals surface area contributed by atoms with E-state index < -0.39 is 0 Å². The Kier molecular flexibility index (Phi) is 5.37. The molecule has 2 aromatic carbocycles. The summed E-state index contributed by atoms with van der Waals surface area (Å²) in [4.78, 5) is 28.1. The van der Waals surface area contributed by atoms with Gasteiger partial charge in [0.05, 0.1) is 12.5 Å². The van der Waals surface area contributed by atoms with Crippen LogP contribution in [0.25, 0.3) is 0 Å². The molecule has 6 heteroatoms. The van der Waals surface area contributed by atoms with E-state index in [1.54, 1.807) is 18.2 Å². The van der Waals surface area contributed by atoms with Crippen molar-refractivity contribution >= 4 is 17.5 Å². The number of carbonyl (C=O) groups excluding carboxylic acids is 2. The van der Waals surface area contributed by atoms with Gasteiger partial charge in [0, 0.05) is 23.9 Å². The number of fused-ring (bicyclic) bond motifs is 2. The number of anilines is 1. The molecule has 1 atom stereocenters. The van der Waals surface area contributed by atoms with E-state index in [1.165, 1.54) is 0 Å². The third kappa shape index (κ3) is 4.02. The monoisotopic (exact) mass is 418 g/mol. The topological polar surface area (TPSA) is 67.9 Å². The second kappa shape index (κ2) is 8.46. The van der Waals surface area contributed by atoms with Gasteiger partial charge in [-0.3, -0.25) is 9.59 Å². The lowest BCUT2D eigenvalue weighted by Gasteiger charge is -2.30. The zero-order valence-electron chi connectivity index (χ0n) is 17.4. The van der Waals surface area contributed by atoms with Crippen LogP contribution < -0.4 is 14.8 Å². The molecular formula is C25H26N2O4. The first kappa shape index (κ1) is 19.7. The average molecular weight is 418 g/mol. The van der Waals surface area contributed by atoms with Gasteiger partial charge in [0.15, 0.2) is 11.5 Å². The van der Waals surface area contributed by atoms with Crippen molar-refractivity contribution in [3.8, 4) is 11.5 Å². The summed E-state index contributed by atoms with van der Waals surface area (Å²) in [6.45, 7) is 1.60. The first-order chi connectivity index (χ1) is 15.2. The third-order valence-electron chi connectivity index (χ3n) is 6.22. The average Bonchev–Trinajstić information content (AvgIpc) is 3.05. The number of amides is 2. The largest absolute Gasteiger partial charge is 0.486 e. The van der Waals surface area contributed by atoms with Crippen LogP contribution in [0.4, 0.5) is 5.69 Å². The summed E-state index contributed by atoms with van der Waals surface area (Å²) in [7, 11) is 0. The fraction of sp³-hybridized carbons (Fsp3) is 0.360. The molecule has 2 amide bonds. The lowest BCUT2D eigenvalue weighted by Crippen LogP contribution is -2.36. The molecule has 0 bridgehead atoms. The van der Waals surface area contributed by atoms with Crippen molar-refractivity contribution in [2.45, 2.75) is 44.7 Å². The predicted molar refractivity (Wildman–Crippen MR) is 117 cm³/mol. The lowest BCUT2D eigenvalue weighted by molar-refractivity contribution is -0.129. The number of hydrogen-bond acceptors (Lipinski definition) is 4. The lowest BCUT2D eigenvalue weighted by atomic mass is 9.88. The van der Waals surface area contributed by atoms with Crippen molar-refractivity contribution in [3.63, 3.8) is 0 Å². The summed E-state index contributed by atoms with van der Waals surface area (Å²) in [5, 5.41) is 2.92. The van der Waals surface area contributed by atoms with Crippen molar-refractivity contribution < 1.29 is 19.1 Å². The number of nitrogens with one attached hydrogen (secondary N) is 1. The van der Waals surface area contributed by atoms with Crippen LogP contribution in [0.15, 0.2) is 59.7 Å². The van der Waals surface area contributed by atoms with Gasteiger partial charge in [-0.05, 0) is 42.5 Å². The molecule has 1 unspecified atom stereocenters. The molecule has 3 aliphatic rings. The Bertz CT molecular complexity index is 1030. The third-order valence-corrected chi connectivity index (χ3v) is 6.22. The maximum Gasteiger partial charge on any atom is 0.251 e. The first-order valence-corrected chi connectivity index (χ1v) is 11.0. The molecule has 0 aromatic heterocycles. The zero-order valence-corrected chi connectivity index (χ0v) is 17.4. The Balaban J connectivity index is 1.31. The Labute approximate surface area is 181 Å². The number of nitrogens with zero attached hydrogens (tertiary/aromatic N) is 1. The molecule has 1 N–H and O–H groups in total. The van der Waals surface area contributed by atoms with Crippen LogP contribution in [0, 0.1) is 0 Å². The van der Waals surface area contributed by atoms with Crippen molar-refractivity contribution in [2.75, 3.05) is 18.5 Å². The highest BCUT2D eigenvalue weighted by atomic mass is 16.6. The van der Waals surface area contributed by atoms with Gasteiger partial charge in [0.1, 0.15) is 13.2 Å². The number of hydrogen-bond donors (Lipinski definition) is 1. The van der Waals surface area contributed by atoms with Gasteiger partial charge in [-0.15, -0.1) is 0 Å². The fourth-order valence-electron chi connectivity index (χ4n) is 4.78. The quantitative estimate of drug-likeness (QED) is 0.795. The van der Waals surface area contributed by atoms with E-state index in [2.05, 4.69) is 5.32 Å². The zero-order chi connectivity index (χ0) is 21.2. The normalized spacial score (nSPS) is 19.9. The van der Waals surface area contributed by atoms with Crippen LogP contribution in [-0.4, -0.2) is 36.0 Å². The molecular weight excluding hydrogens is 392 g/mol. The molecule has 160 valence electrons. The molecule has 0 radical (unpaired) electrons. The molecule has 31 heavy (non-hydrogen) atoms. The number of carbonyl (C=O) groups is 2. The smallest absolute Gasteiger partial charge is 0.251 e. The molecule has 1 fully saturated rings. The Morgan fingerprint density at radius 3 is 2.68 bits per heavy atom. The molecule has 5 rings (SSSR count). The molecule has 1 saturated carbocycles. The van der Waals surface area contributed by atoms with E-state index in [1.807, 2.05) is 35.2 Å². The van der Waals surface area contributed by atoms with E-state index in [9.17, 15) is 9.59 Å². The molecule has 1 aliphatic carbocycles. The van der Waals surface area contributed by atoms with E-state index in [-0.39, 0.29) is 24.3 Å². The van der Waals surface area contributed by atoms with Gasteiger partial charge in [-0.1, -0.05) is 36.8 Å². The van der Waals surface area contributed by atoms with Crippen LogP contribution in [-0.2, 0) is 16.1 Å². The Morgan fingerprint density at radius 1 is 1.03 bits per heavy atom. The molecule has 0 saturated heterocycles. The van der Waals surface area contributed by atoms with Crippen LogP contribution in [0.1, 0.15) is 37.7 Å². The molecule has 2 aliphatic heterocycles. The highest BCUT2D eigenvalue weighted by molar-refractivity contribution is 6.05. The summed E-state index contributed by atoms with van der Waals surface area (Å²) < 4.78 is 11.1. The minimum absolute atomic E-state index is 0.00285. The van der Waals surface area contributed by atoms with Crippen LogP contribution in [0.5, 0.6) is 11.5 Å². The second-order valence-electron chi connectivity index (χ2n) is 8.27.